The minimum Gasteiger partial charge on any atom is -0.496 e. The monoisotopic (exact) mass is 237 g/mol. The Morgan fingerprint density at radius 1 is 1.44 bits per heavy atom. The van der Waals surface area contributed by atoms with Crippen molar-refractivity contribution in [3.63, 3.8) is 0 Å². The third-order valence-electron chi connectivity index (χ3n) is 2.64. The number of benzene rings is 1. The van der Waals surface area contributed by atoms with Crippen LogP contribution in [0.1, 0.15) is 13.8 Å². The van der Waals surface area contributed by atoms with E-state index >= 15 is 0 Å². The van der Waals surface area contributed by atoms with Crippen LogP contribution in [0.5, 0.6) is 5.75 Å². The second kappa shape index (κ2) is 4.01. The van der Waals surface area contributed by atoms with Crippen molar-refractivity contribution < 1.29 is 9.53 Å². The van der Waals surface area contributed by atoms with E-state index in [1.165, 1.54) is 0 Å². The number of amides is 1. The lowest BCUT2D eigenvalue weighted by Crippen LogP contribution is -2.31. The minimum absolute atomic E-state index is 0.0620. The maximum atomic E-state index is 11.9. The molecule has 0 aliphatic carbocycles. The number of fused-ring (bicyclic) bond motifs is 1. The Bertz CT molecular complexity index is 429. The summed E-state index contributed by atoms with van der Waals surface area (Å²) >= 11 is 1.66. The number of thioether (sulfide) groups is 1. The predicted molar refractivity (Wildman–Crippen MR) is 66.1 cm³/mol. The molecule has 16 heavy (non-hydrogen) atoms. The van der Waals surface area contributed by atoms with Crippen molar-refractivity contribution in [2.75, 3.05) is 18.2 Å². The van der Waals surface area contributed by atoms with Crippen molar-refractivity contribution in [2.45, 2.75) is 18.7 Å². The molecule has 0 atom stereocenters. The predicted octanol–water partition coefficient (Wildman–Crippen LogP) is 2.77. The molecule has 1 amide bonds. The molecule has 86 valence electrons. The fourth-order valence-corrected chi connectivity index (χ4v) is 2.74. The standard InChI is InChI=1S/C12H15NO2S/c1-12(2)7-16-10-8(13-11(12)14)5-4-6-9(10)15-3/h4-6H,7H2,1-3H3,(H,13,14). The smallest absolute Gasteiger partial charge is 0.230 e. The maximum Gasteiger partial charge on any atom is 0.230 e. The summed E-state index contributed by atoms with van der Waals surface area (Å²) in [5, 5.41) is 2.95. The summed E-state index contributed by atoms with van der Waals surface area (Å²) in [4.78, 5) is 13.0. The molecule has 0 fully saturated rings. The van der Waals surface area contributed by atoms with Crippen LogP contribution in [0.2, 0.25) is 0 Å². The van der Waals surface area contributed by atoms with Crippen LogP contribution in [0, 0.1) is 5.41 Å². The molecule has 0 saturated carbocycles. The van der Waals surface area contributed by atoms with Gasteiger partial charge in [-0.3, -0.25) is 4.79 Å². The highest BCUT2D eigenvalue weighted by Crippen LogP contribution is 2.42. The Labute approximate surface area is 99.6 Å². The molecule has 1 aromatic carbocycles. The number of hydrogen-bond donors (Lipinski definition) is 1. The van der Waals surface area contributed by atoms with E-state index in [9.17, 15) is 4.79 Å². The third kappa shape index (κ3) is 1.89. The van der Waals surface area contributed by atoms with Crippen LogP contribution in [0.3, 0.4) is 0 Å². The highest BCUT2D eigenvalue weighted by atomic mass is 32.2. The maximum absolute atomic E-state index is 11.9. The van der Waals surface area contributed by atoms with Crippen LogP contribution < -0.4 is 10.1 Å². The Morgan fingerprint density at radius 3 is 2.88 bits per heavy atom. The van der Waals surface area contributed by atoms with Crippen LogP contribution in [0.4, 0.5) is 5.69 Å². The van der Waals surface area contributed by atoms with Crippen molar-refractivity contribution in [3.05, 3.63) is 18.2 Å². The van der Waals surface area contributed by atoms with E-state index in [1.807, 2.05) is 32.0 Å². The highest BCUT2D eigenvalue weighted by molar-refractivity contribution is 7.99. The zero-order valence-electron chi connectivity index (χ0n) is 9.66. The van der Waals surface area contributed by atoms with Crippen LogP contribution in [0.15, 0.2) is 23.1 Å². The molecule has 1 aliphatic rings. The van der Waals surface area contributed by atoms with Gasteiger partial charge >= 0.3 is 0 Å². The van der Waals surface area contributed by atoms with Crippen LogP contribution in [0.25, 0.3) is 0 Å². The molecular weight excluding hydrogens is 222 g/mol. The number of methoxy groups -OCH3 is 1. The highest BCUT2D eigenvalue weighted by Gasteiger charge is 2.32. The Balaban J connectivity index is 2.44. The molecule has 0 bridgehead atoms. The molecule has 4 heteroatoms. The topological polar surface area (TPSA) is 38.3 Å². The SMILES string of the molecule is COc1cccc2c1SCC(C)(C)C(=O)N2. The number of hydrogen-bond acceptors (Lipinski definition) is 3. The summed E-state index contributed by atoms with van der Waals surface area (Å²) in [6, 6.07) is 5.71. The van der Waals surface area contributed by atoms with Gasteiger partial charge in [-0.2, -0.15) is 0 Å². The van der Waals surface area contributed by atoms with E-state index < -0.39 is 0 Å². The minimum atomic E-state index is -0.352. The average molecular weight is 237 g/mol. The Morgan fingerprint density at radius 2 is 2.19 bits per heavy atom. The van der Waals surface area contributed by atoms with Crippen molar-refractivity contribution in [1.29, 1.82) is 0 Å². The Hall–Kier alpha value is -1.16. The molecule has 2 rings (SSSR count). The van der Waals surface area contributed by atoms with Crippen LogP contribution in [-0.4, -0.2) is 18.8 Å². The molecule has 1 heterocycles. The first-order chi connectivity index (χ1) is 7.54. The molecule has 0 spiro atoms. The second-order valence-corrected chi connectivity index (χ2v) is 5.45. The summed E-state index contributed by atoms with van der Waals surface area (Å²) in [5.41, 5.74) is 0.495. The fourth-order valence-electron chi connectivity index (χ4n) is 1.53. The average Bonchev–Trinajstić information content (AvgIpc) is 2.37. The number of ether oxygens (including phenoxy) is 1. The van der Waals surface area contributed by atoms with Crippen LogP contribution in [-0.2, 0) is 4.79 Å². The summed E-state index contributed by atoms with van der Waals surface area (Å²) in [5.74, 6) is 1.64. The molecule has 1 N–H and O–H groups in total. The van der Waals surface area contributed by atoms with Gasteiger partial charge < -0.3 is 10.1 Å². The van der Waals surface area contributed by atoms with Gasteiger partial charge in [0, 0.05) is 5.75 Å². The van der Waals surface area contributed by atoms with Crippen molar-refractivity contribution in [1.82, 2.24) is 0 Å². The first kappa shape index (κ1) is 11.3. The normalized spacial score (nSPS) is 18.3. The molecular formula is C12H15NO2S. The quantitative estimate of drug-likeness (QED) is 0.816. The lowest BCUT2D eigenvalue weighted by Gasteiger charge is -2.18. The number of carbonyl (C=O) groups excluding carboxylic acids is 1. The molecule has 0 unspecified atom stereocenters. The van der Waals surface area contributed by atoms with E-state index in [1.54, 1.807) is 18.9 Å². The van der Waals surface area contributed by atoms with Gasteiger partial charge in [0.2, 0.25) is 5.91 Å². The summed E-state index contributed by atoms with van der Waals surface area (Å²) in [6.45, 7) is 3.90. The largest absolute Gasteiger partial charge is 0.496 e. The van der Waals surface area contributed by atoms with Gasteiger partial charge in [-0.1, -0.05) is 19.9 Å². The zero-order chi connectivity index (χ0) is 11.8. The first-order valence-electron chi connectivity index (χ1n) is 5.16. The number of carbonyl (C=O) groups is 1. The van der Waals surface area contributed by atoms with E-state index in [2.05, 4.69) is 5.32 Å². The van der Waals surface area contributed by atoms with E-state index in [-0.39, 0.29) is 11.3 Å². The summed E-state index contributed by atoms with van der Waals surface area (Å²) in [7, 11) is 1.65. The van der Waals surface area contributed by atoms with Gasteiger partial charge in [-0.25, -0.2) is 0 Å². The second-order valence-electron chi connectivity index (χ2n) is 4.46. The molecule has 1 aromatic rings. The van der Waals surface area contributed by atoms with Crippen molar-refractivity contribution in [3.8, 4) is 5.75 Å². The van der Waals surface area contributed by atoms with Gasteiger partial charge in [-0.15, -0.1) is 11.8 Å². The molecule has 3 nitrogen and oxygen atoms in total. The Kier molecular flexibility index (Phi) is 2.84. The first-order valence-corrected chi connectivity index (χ1v) is 6.14. The van der Waals surface area contributed by atoms with Gasteiger partial charge in [0.05, 0.1) is 23.1 Å². The van der Waals surface area contributed by atoms with Crippen LogP contribution >= 0.6 is 11.8 Å². The van der Waals surface area contributed by atoms with Crippen molar-refractivity contribution in [2.24, 2.45) is 5.41 Å². The van der Waals surface area contributed by atoms with Gasteiger partial charge in [-0.05, 0) is 12.1 Å². The lowest BCUT2D eigenvalue weighted by molar-refractivity contribution is -0.122. The lowest BCUT2D eigenvalue weighted by atomic mass is 9.95. The van der Waals surface area contributed by atoms with E-state index in [4.69, 9.17) is 4.74 Å². The number of rotatable bonds is 1. The summed E-state index contributed by atoms with van der Waals surface area (Å²) < 4.78 is 5.30. The fraction of sp³-hybridized carbons (Fsp3) is 0.417. The van der Waals surface area contributed by atoms with Crippen molar-refractivity contribution >= 4 is 23.4 Å². The zero-order valence-corrected chi connectivity index (χ0v) is 10.5. The number of anilines is 1. The molecule has 0 saturated heterocycles. The number of nitrogens with one attached hydrogen (secondary N) is 1. The molecule has 1 aliphatic heterocycles. The molecule has 0 aromatic heterocycles. The third-order valence-corrected chi connectivity index (χ3v) is 4.21. The van der Waals surface area contributed by atoms with Gasteiger partial charge in [0.15, 0.2) is 0 Å². The van der Waals surface area contributed by atoms with Gasteiger partial charge in [0.25, 0.3) is 0 Å². The molecule has 0 radical (unpaired) electrons. The van der Waals surface area contributed by atoms with Gasteiger partial charge in [0.1, 0.15) is 5.75 Å². The van der Waals surface area contributed by atoms with E-state index in [0.29, 0.717) is 0 Å². The van der Waals surface area contributed by atoms with E-state index in [0.717, 1.165) is 22.1 Å². The summed E-state index contributed by atoms with van der Waals surface area (Å²) in [6.07, 6.45) is 0.